The molecule has 7 heteroatoms. The highest BCUT2D eigenvalue weighted by Gasteiger charge is 2.32. The van der Waals surface area contributed by atoms with Gasteiger partial charge >= 0.3 is 0 Å². The summed E-state index contributed by atoms with van der Waals surface area (Å²) in [5.74, 6) is 0. The van der Waals surface area contributed by atoms with Crippen LogP contribution in [-0.4, -0.2) is 35.5 Å². The van der Waals surface area contributed by atoms with E-state index in [-0.39, 0.29) is 17.7 Å². The van der Waals surface area contributed by atoms with Crippen molar-refractivity contribution >= 4 is 33.2 Å². The fourth-order valence-corrected chi connectivity index (χ4v) is 4.35. The SMILES string of the molecule is CCO[C@H]1COC[C@@H]1n1cnc2scc(-c3ccccc3Cl)c2c1=O. The molecule has 1 aliphatic rings. The number of aromatic nitrogens is 2. The van der Waals surface area contributed by atoms with Gasteiger partial charge in [-0.05, 0) is 13.0 Å². The summed E-state index contributed by atoms with van der Waals surface area (Å²) in [6, 6.07) is 7.37. The lowest BCUT2D eigenvalue weighted by Gasteiger charge is -2.19. The molecule has 0 spiro atoms. The van der Waals surface area contributed by atoms with Crippen LogP contribution < -0.4 is 5.56 Å². The summed E-state index contributed by atoms with van der Waals surface area (Å²) in [6.45, 7) is 3.46. The van der Waals surface area contributed by atoms with Gasteiger partial charge in [-0.1, -0.05) is 29.8 Å². The van der Waals surface area contributed by atoms with Gasteiger partial charge in [0, 0.05) is 28.1 Å². The van der Waals surface area contributed by atoms with Crippen molar-refractivity contribution in [3.05, 3.63) is 51.3 Å². The summed E-state index contributed by atoms with van der Waals surface area (Å²) < 4.78 is 12.9. The molecule has 0 unspecified atom stereocenters. The van der Waals surface area contributed by atoms with Crippen molar-refractivity contribution in [3.63, 3.8) is 0 Å². The van der Waals surface area contributed by atoms with E-state index < -0.39 is 0 Å². The van der Waals surface area contributed by atoms with Crippen LogP contribution in [0.2, 0.25) is 5.02 Å². The molecule has 25 heavy (non-hydrogen) atoms. The van der Waals surface area contributed by atoms with Gasteiger partial charge in [-0.3, -0.25) is 9.36 Å². The number of ether oxygens (including phenoxy) is 2. The molecule has 0 amide bonds. The molecule has 3 aromatic rings. The maximum Gasteiger partial charge on any atom is 0.263 e. The number of halogens is 1. The molecule has 2 atom stereocenters. The molecule has 0 bridgehead atoms. The molecule has 3 heterocycles. The maximum atomic E-state index is 13.2. The molecule has 0 N–H and O–H groups in total. The predicted octanol–water partition coefficient (Wildman–Crippen LogP) is 3.75. The number of benzene rings is 1. The Labute approximate surface area is 153 Å². The molecule has 5 nitrogen and oxygen atoms in total. The molecule has 0 radical (unpaired) electrons. The first-order valence-corrected chi connectivity index (χ1v) is 9.39. The van der Waals surface area contributed by atoms with Crippen LogP contribution in [0.1, 0.15) is 13.0 Å². The van der Waals surface area contributed by atoms with Crippen LogP contribution in [0.3, 0.4) is 0 Å². The van der Waals surface area contributed by atoms with Crippen molar-refractivity contribution in [2.24, 2.45) is 0 Å². The van der Waals surface area contributed by atoms with Crippen LogP contribution in [0.15, 0.2) is 40.8 Å². The van der Waals surface area contributed by atoms with Crippen LogP contribution in [0.25, 0.3) is 21.3 Å². The van der Waals surface area contributed by atoms with Gasteiger partial charge in [-0.25, -0.2) is 4.98 Å². The van der Waals surface area contributed by atoms with E-state index in [1.165, 1.54) is 11.3 Å². The normalized spacial score (nSPS) is 20.4. The minimum absolute atomic E-state index is 0.0821. The quantitative estimate of drug-likeness (QED) is 0.695. The fourth-order valence-electron chi connectivity index (χ4n) is 3.22. The molecular formula is C18H17ClN2O3S. The second-order valence-electron chi connectivity index (χ2n) is 5.86. The molecule has 0 saturated carbocycles. The van der Waals surface area contributed by atoms with Gasteiger partial charge in [0.25, 0.3) is 5.56 Å². The van der Waals surface area contributed by atoms with E-state index in [0.717, 1.165) is 11.1 Å². The lowest BCUT2D eigenvalue weighted by atomic mass is 10.1. The Morgan fingerprint density at radius 3 is 3.00 bits per heavy atom. The highest BCUT2D eigenvalue weighted by Crippen LogP contribution is 2.35. The second-order valence-corrected chi connectivity index (χ2v) is 7.13. The number of hydrogen-bond donors (Lipinski definition) is 0. The molecule has 1 aliphatic heterocycles. The molecule has 1 saturated heterocycles. The maximum absolute atomic E-state index is 13.2. The second kappa shape index (κ2) is 6.88. The first kappa shape index (κ1) is 16.7. The van der Waals surface area contributed by atoms with Gasteiger partial charge in [0.1, 0.15) is 10.9 Å². The van der Waals surface area contributed by atoms with Crippen molar-refractivity contribution in [3.8, 4) is 11.1 Å². The molecule has 1 fully saturated rings. The predicted molar refractivity (Wildman–Crippen MR) is 99.6 cm³/mol. The number of thiophene rings is 1. The lowest BCUT2D eigenvalue weighted by molar-refractivity contribution is 0.0356. The highest BCUT2D eigenvalue weighted by molar-refractivity contribution is 7.17. The van der Waals surface area contributed by atoms with Gasteiger partial charge < -0.3 is 9.47 Å². The van der Waals surface area contributed by atoms with Crippen LogP contribution in [0.5, 0.6) is 0 Å². The van der Waals surface area contributed by atoms with Gasteiger partial charge in [0.05, 0.1) is 31.0 Å². The first-order valence-electron chi connectivity index (χ1n) is 8.13. The van der Waals surface area contributed by atoms with E-state index in [2.05, 4.69) is 4.98 Å². The van der Waals surface area contributed by atoms with Crippen molar-refractivity contribution in [2.45, 2.75) is 19.1 Å². The Morgan fingerprint density at radius 1 is 1.36 bits per heavy atom. The molecule has 4 rings (SSSR count). The monoisotopic (exact) mass is 376 g/mol. The molecule has 0 aliphatic carbocycles. The molecule has 130 valence electrons. The topological polar surface area (TPSA) is 53.4 Å². The standard InChI is InChI=1S/C18H17ClN2O3S/c1-2-24-15-8-23-7-14(15)21-10-20-17-16(18(21)22)12(9-25-17)11-5-3-4-6-13(11)19/h3-6,9-10,14-15H,2,7-8H2,1H3/t14-,15-/m0/s1. The third-order valence-electron chi connectivity index (χ3n) is 4.42. The number of hydrogen-bond acceptors (Lipinski definition) is 5. The van der Waals surface area contributed by atoms with Crippen LogP contribution in [0, 0.1) is 0 Å². The summed E-state index contributed by atoms with van der Waals surface area (Å²) in [5.41, 5.74) is 1.58. The zero-order valence-electron chi connectivity index (χ0n) is 13.6. The van der Waals surface area contributed by atoms with Gasteiger partial charge in [0.2, 0.25) is 0 Å². The number of nitrogens with zero attached hydrogens (tertiary/aromatic N) is 2. The molecule has 1 aromatic carbocycles. The van der Waals surface area contributed by atoms with E-state index >= 15 is 0 Å². The lowest BCUT2D eigenvalue weighted by Crippen LogP contribution is -2.33. The first-order chi connectivity index (χ1) is 12.2. The van der Waals surface area contributed by atoms with Gasteiger partial charge in [-0.15, -0.1) is 11.3 Å². The Hall–Kier alpha value is -1.73. The number of rotatable bonds is 4. The minimum atomic E-state index is -0.164. The molecule has 2 aromatic heterocycles. The largest absolute Gasteiger partial charge is 0.376 e. The Morgan fingerprint density at radius 2 is 2.20 bits per heavy atom. The van der Waals surface area contributed by atoms with E-state index in [1.54, 1.807) is 10.9 Å². The van der Waals surface area contributed by atoms with Crippen molar-refractivity contribution in [1.29, 1.82) is 0 Å². The summed E-state index contributed by atoms with van der Waals surface area (Å²) in [6.07, 6.45) is 1.47. The zero-order chi connectivity index (χ0) is 17.4. The summed E-state index contributed by atoms with van der Waals surface area (Å²) in [5, 5.41) is 3.16. The van der Waals surface area contributed by atoms with Crippen molar-refractivity contribution < 1.29 is 9.47 Å². The van der Waals surface area contributed by atoms with Crippen LogP contribution in [0.4, 0.5) is 0 Å². The van der Waals surface area contributed by atoms with E-state index in [9.17, 15) is 4.79 Å². The fraction of sp³-hybridized carbons (Fsp3) is 0.333. The summed E-state index contributed by atoms with van der Waals surface area (Å²) >= 11 is 7.78. The highest BCUT2D eigenvalue weighted by atomic mass is 35.5. The van der Waals surface area contributed by atoms with E-state index in [1.807, 2.05) is 36.6 Å². The smallest absolute Gasteiger partial charge is 0.263 e. The minimum Gasteiger partial charge on any atom is -0.376 e. The van der Waals surface area contributed by atoms with Crippen LogP contribution in [-0.2, 0) is 9.47 Å². The molecular weight excluding hydrogens is 360 g/mol. The number of fused-ring (bicyclic) bond motifs is 1. The van der Waals surface area contributed by atoms with Crippen LogP contribution >= 0.6 is 22.9 Å². The van der Waals surface area contributed by atoms with Crippen molar-refractivity contribution in [2.75, 3.05) is 19.8 Å². The third-order valence-corrected chi connectivity index (χ3v) is 5.64. The average molecular weight is 377 g/mol. The Kier molecular flexibility index (Phi) is 4.60. The van der Waals surface area contributed by atoms with E-state index in [0.29, 0.717) is 35.1 Å². The Bertz CT molecular complexity index is 968. The van der Waals surface area contributed by atoms with E-state index in [4.69, 9.17) is 21.1 Å². The summed E-state index contributed by atoms with van der Waals surface area (Å²) in [7, 11) is 0. The Balaban J connectivity index is 1.87. The van der Waals surface area contributed by atoms with Crippen molar-refractivity contribution in [1.82, 2.24) is 9.55 Å². The summed E-state index contributed by atoms with van der Waals surface area (Å²) in [4.78, 5) is 18.4. The van der Waals surface area contributed by atoms with Gasteiger partial charge in [0.15, 0.2) is 0 Å². The average Bonchev–Trinajstić information content (AvgIpc) is 3.24. The van der Waals surface area contributed by atoms with Gasteiger partial charge in [-0.2, -0.15) is 0 Å². The zero-order valence-corrected chi connectivity index (χ0v) is 15.2. The third kappa shape index (κ3) is 2.89.